The molecule has 0 aromatic heterocycles. The predicted molar refractivity (Wildman–Crippen MR) is 41.4 cm³/mol. The van der Waals surface area contributed by atoms with Crippen LogP contribution < -0.4 is 0 Å². The van der Waals surface area contributed by atoms with Crippen LogP contribution in [0, 0.1) is 23.2 Å². The molecule has 56 valence electrons. The molecule has 1 saturated carbocycles. The zero-order chi connectivity index (χ0) is 7.40. The fraction of sp³-hybridized carbons (Fsp3) is 0.889. The SMILES string of the molecule is C[C@H]1CC[C@H](CC#N)CC1. The molecule has 1 heteroatoms. The maximum atomic E-state index is 8.43. The molecule has 1 aliphatic rings. The van der Waals surface area contributed by atoms with Crippen LogP contribution in [0.3, 0.4) is 0 Å². The Bertz CT molecular complexity index is 126. The Kier molecular flexibility index (Phi) is 2.74. The second kappa shape index (κ2) is 3.61. The van der Waals surface area contributed by atoms with E-state index in [4.69, 9.17) is 5.26 Å². The minimum absolute atomic E-state index is 0.723. The van der Waals surface area contributed by atoms with Crippen LogP contribution in [0.4, 0.5) is 0 Å². The van der Waals surface area contributed by atoms with Crippen LogP contribution in [0.2, 0.25) is 0 Å². The average molecular weight is 137 g/mol. The summed E-state index contributed by atoms with van der Waals surface area (Å²) in [7, 11) is 0. The van der Waals surface area contributed by atoms with E-state index in [9.17, 15) is 0 Å². The van der Waals surface area contributed by atoms with Crippen LogP contribution in [0.5, 0.6) is 0 Å². The first-order valence-electron chi connectivity index (χ1n) is 4.20. The molecular weight excluding hydrogens is 122 g/mol. The Morgan fingerprint density at radius 1 is 1.30 bits per heavy atom. The van der Waals surface area contributed by atoms with Crippen LogP contribution in [0.1, 0.15) is 39.0 Å². The van der Waals surface area contributed by atoms with Gasteiger partial charge in [0.25, 0.3) is 0 Å². The van der Waals surface area contributed by atoms with Gasteiger partial charge in [0.15, 0.2) is 0 Å². The van der Waals surface area contributed by atoms with Crippen LogP contribution >= 0.6 is 0 Å². The summed E-state index contributed by atoms with van der Waals surface area (Å²) < 4.78 is 0. The van der Waals surface area contributed by atoms with Crippen LogP contribution in [0.15, 0.2) is 0 Å². The molecular formula is C9H15N. The second-order valence-corrected chi connectivity index (χ2v) is 3.49. The monoisotopic (exact) mass is 137 g/mol. The van der Waals surface area contributed by atoms with Gasteiger partial charge in [-0.3, -0.25) is 0 Å². The number of nitrogens with zero attached hydrogens (tertiary/aromatic N) is 1. The lowest BCUT2D eigenvalue weighted by Crippen LogP contribution is -2.11. The number of rotatable bonds is 1. The van der Waals surface area contributed by atoms with E-state index in [1.165, 1.54) is 25.7 Å². The van der Waals surface area contributed by atoms with Gasteiger partial charge in [-0.05, 0) is 24.7 Å². The smallest absolute Gasteiger partial charge is 0.0624 e. The summed E-state index contributed by atoms with van der Waals surface area (Å²) >= 11 is 0. The third-order valence-corrected chi connectivity index (χ3v) is 2.52. The van der Waals surface area contributed by atoms with Crippen molar-refractivity contribution >= 4 is 0 Å². The predicted octanol–water partition coefficient (Wildman–Crippen LogP) is 2.73. The van der Waals surface area contributed by atoms with Crippen molar-refractivity contribution < 1.29 is 0 Å². The largest absolute Gasteiger partial charge is 0.198 e. The molecule has 0 saturated heterocycles. The molecule has 0 radical (unpaired) electrons. The highest BCUT2D eigenvalue weighted by Crippen LogP contribution is 2.29. The van der Waals surface area contributed by atoms with Gasteiger partial charge in [0.1, 0.15) is 0 Å². The van der Waals surface area contributed by atoms with E-state index in [0.29, 0.717) is 0 Å². The summed E-state index contributed by atoms with van der Waals surface area (Å²) in [5, 5.41) is 8.43. The van der Waals surface area contributed by atoms with Gasteiger partial charge in [-0.2, -0.15) is 5.26 Å². The molecule has 0 spiro atoms. The topological polar surface area (TPSA) is 23.8 Å². The molecule has 10 heavy (non-hydrogen) atoms. The van der Waals surface area contributed by atoms with E-state index in [1.807, 2.05) is 0 Å². The Morgan fingerprint density at radius 3 is 2.40 bits per heavy atom. The molecule has 0 aromatic rings. The highest BCUT2D eigenvalue weighted by molar-refractivity contribution is 4.79. The highest BCUT2D eigenvalue weighted by atomic mass is 14.3. The van der Waals surface area contributed by atoms with Gasteiger partial charge >= 0.3 is 0 Å². The van der Waals surface area contributed by atoms with Crippen molar-refractivity contribution in [1.29, 1.82) is 5.26 Å². The third kappa shape index (κ3) is 2.02. The van der Waals surface area contributed by atoms with Crippen LogP contribution in [-0.4, -0.2) is 0 Å². The quantitative estimate of drug-likeness (QED) is 0.545. The van der Waals surface area contributed by atoms with E-state index in [-0.39, 0.29) is 0 Å². The maximum Gasteiger partial charge on any atom is 0.0624 e. The molecule has 0 bridgehead atoms. The summed E-state index contributed by atoms with van der Waals surface area (Å²) in [6.07, 6.45) is 6.04. The van der Waals surface area contributed by atoms with E-state index in [2.05, 4.69) is 13.0 Å². The minimum Gasteiger partial charge on any atom is -0.198 e. The van der Waals surface area contributed by atoms with Gasteiger partial charge in [-0.25, -0.2) is 0 Å². The second-order valence-electron chi connectivity index (χ2n) is 3.49. The standard InChI is InChI=1S/C9H15N/c1-8-2-4-9(5-3-8)6-7-10/h8-9H,2-6H2,1H3/t8-,9-. The van der Waals surface area contributed by atoms with Crippen molar-refractivity contribution in [3.63, 3.8) is 0 Å². The van der Waals surface area contributed by atoms with Gasteiger partial charge in [0.05, 0.1) is 6.07 Å². The summed E-state index contributed by atoms with van der Waals surface area (Å²) in [6, 6.07) is 2.25. The van der Waals surface area contributed by atoms with Crippen molar-refractivity contribution in [2.24, 2.45) is 11.8 Å². The normalized spacial score (nSPS) is 33.2. The van der Waals surface area contributed by atoms with Gasteiger partial charge in [-0.15, -0.1) is 0 Å². The number of hydrogen-bond acceptors (Lipinski definition) is 1. The molecule has 1 rings (SSSR count). The fourth-order valence-corrected chi connectivity index (χ4v) is 1.66. The van der Waals surface area contributed by atoms with E-state index >= 15 is 0 Å². The molecule has 0 aromatic carbocycles. The number of nitriles is 1. The van der Waals surface area contributed by atoms with Crippen molar-refractivity contribution in [1.82, 2.24) is 0 Å². The zero-order valence-electron chi connectivity index (χ0n) is 6.64. The molecule has 0 N–H and O–H groups in total. The minimum atomic E-state index is 0.723. The first kappa shape index (κ1) is 7.60. The molecule has 0 unspecified atom stereocenters. The van der Waals surface area contributed by atoms with Gasteiger partial charge in [0, 0.05) is 6.42 Å². The molecule has 1 fully saturated rings. The molecule has 0 aliphatic heterocycles. The molecule has 0 heterocycles. The fourth-order valence-electron chi connectivity index (χ4n) is 1.66. The Labute approximate surface area is 63.0 Å². The van der Waals surface area contributed by atoms with Gasteiger partial charge in [0.2, 0.25) is 0 Å². The van der Waals surface area contributed by atoms with Crippen molar-refractivity contribution in [3.05, 3.63) is 0 Å². The molecule has 0 atom stereocenters. The van der Waals surface area contributed by atoms with E-state index < -0.39 is 0 Å². The summed E-state index contributed by atoms with van der Waals surface area (Å²) in [5.41, 5.74) is 0. The third-order valence-electron chi connectivity index (χ3n) is 2.52. The Balaban J connectivity index is 2.21. The lowest BCUT2D eigenvalue weighted by Gasteiger charge is -2.23. The molecule has 1 aliphatic carbocycles. The van der Waals surface area contributed by atoms with Gasteiger partial charge < -0.3 is 0 Å². The summed E-state index contributed by atoms with van der Waals surface area (Å²) in [5.74, 6) is 1.64. The van der Waals surface area contributed by atoms with E-state index in [1.54, 1.807) is 0 Å². The lowest BCUT2D eigenvalue weighted by atomic mass is 9.82. The molecule has 1 nitrogen and oxygen atoms in total. The summed E-state index contributed by atoms with van der Waals surface area (Å²) in [4.78, 5) is 0. The zero-order valence-corrected chi connectivity index (χ0v) is 6.64. The first-order valence-corrected chi connectivity index (χ1v) is 4.20. The van der Waals surface area contributed by atoms with Crippen LogP contribution in [0.25, 0.3) is 0 Å². The van der Waals surface area contributed by atoms with Gasteiger partial charge in [-0.1, -0.05) is 19.8 Å². The van der Waals surface area contributed by atoms with Crippen LogP contribution in [-0.2, 0) is 0 Å². The Hall–Kier alpha value is -0.510. The number of hydrogen-bond donors (Lipinski definition) is 0. The van der Waals surface area contributed by atoms with Crippen molar-refractivity contribution in [2.45, 2.75) is 39.0 Å². The highest BCUT2D eigenvalue weighted by Gasteiger charge is 2.17. The van der Waals surface area contributed by atoms with Crippen molar-refractivity contribution in [3.8, 4) is 6.07 Å². The first-order chi connectivity index (χ1) is 4.83. The summed E-state index contributed by atoms with van der Waals surface area (Å²) in [6.45, 7) is 2.31. The molecule has 0 amide bonds. The average Bonchev–Trinajstić information content (AvgIpc) is 1.95. The van der Waals surface area contributed by atoms with E-state index in [0.717, 1.165) is 18.3 Å². The Morgan fingerprint density at radius 2 is 1.90 bits per heavy atom. The lowest BCUT2D eigenvalue weighted by molar-refractivity contribution is 0.294. The maximum absolute atomic E-state index is 8.43. The van der Waals surface area contributed by atoms with Crippen molar-refractivity contribution in [2.75, 3.05) is 0 Å².